The molecule has 0 aromatic carbocycles. The molecule has 0 aliphatic heterocycles. The second-order valence-electron chi connectivity index (χ2n) is 8.97. The molecule has 0 amide bonds. The molecule has 0 radical (unpaired) electrons. The summed E-state index contributed by atoms with van der Waals surface area (Å²) in [4.78, 5) is 0. The average Bonchev–Trinajstić information content (AvgIpc) is 2.72. The number of hydrogen-bond acceptors (Lipinski definition) is 5. The van der Waals surface area contributed by atoms with E-state index in [4.69, 9.17) is 5.11 Å². The lowest BCUT2D eigenvalue weighted by atomic mass is 10.1. The van der Waals surface area contributed by atoms with Crippen molar-refractivity contribution in [2.45, 2.75) is 103 Å². The Bertz CT molecular complexity index is 492. The first-order valence-corrected chi connectivity index (χ1v) is 13.6. The summed E-state index contributed by atoms with van der Waals surface area (Å²) in [6, 6.07) is 0. The van der Waals surface area contributed by atoms with Gasteiger partial charge in [-0.3, -0.25) is 4.18 Å². The lowest BCUT2D eigenvalue weighted by molar-refractivity contribution is -0.890. The SMILES string of the molecule is CCCCCCCC/C=C\CCCCCCCC[N+](C)(C)CCCO.COS(=O)(=O)[O-]. The lowest BCUT2D eigenvalue weighted by Crippen LogP contribution is -2.41. The maximum absolute atomic E-state index is 9.22. The molecule has 188 valence electrons. The predicted molar refractivity (Wildman–Crippen MR) is 130 cm³/mol. The van der Waals surface area contributed by atoms with E-state index >= 15 is 0 Å². The van der Waals surface area contributed by atoms with Crippen LogP contribution in [-0.4, -0.2) is 63.5 Å². The topological polar surface area (TPSA) is 86.7 Å². The van der Waals surface area contributed by atoms with Crippen LogP contribution in [0.15, 0.2) is 12.2 Å². The number of rotatable bonds is 20. The Morgan fingerprint density at radius 3 is 1.58 bits per heavy atom. The molecular formula is C24H51NO5S. The van der Waals surface area contributed by atoms with Crippen molar-refractivity contribution in [3.05, 3.63) is 12.2 Å². The van der Waals surface area contributed by atoms with Gasteiger partial charge in [0, 0.05) is 13.0 Å². The van der Waals surface area contributed by atoms with Crippen LogP contribution in [0.2, 0.25) is 0 Å². The molecule has 0 fully saturated rings. The Balaban J connectivity index is 0. The largest absolute Gasteiger partial charge is 0.726 e. The van der Waals surface area contributed by atoms with Crippen LogP contribution in [0.1, 0.15) is 103 Å². The van der Waals surface area contributed by atoms with E-state index in [9.17, 15) is 13.0 Å². The summed E-state index contributed by atoms with van der Waals surface area (Å²) in [5.74, 6) is 0. The third kappa shape index (κ3) is 31.8. The fourth-order valence-corrected chi connectivity index (χ4v) is 3.40. The smallest absolute Gasteiger partial charge is 0.217 e. The number of nitrogens with zero attached hydrogens (tertiary/aromatic N) is 1. The van der Waals surface area contributed by atoms with Crippen molar-refractivity contribution in [3.63, 3.8) is 0 Å². The summed E-state index contributed by atoms with van der Waals surface area (Å²) in [5, 5.41) is 8.93. The summed E-state index contributed by atoms with van der Waals surface area (Å²) in [7, 11) is 0.966. The molecule has 0 saturated carbocycles. The number of allylic oxidation sites excluding steroid dienone is 2. The van der Waals surface area contributed by atoms with Gasteiger partial charge in [-0.05, 0) is 38.5 Å². The second kappa shape index (κ2) is 22.7. The van der Waals surface area contributed by atoms with Crippen molar-refractivity contribution >= 4 is 10.4 Å². The standard InChI is InChI=1S/C23H48NO.CH4O4S/c1-4-5-6-7-8-9-10-11-12-13-14-15-16-17-18-19-21-24(2,3)22-20-23-25;1-5-6(2,3)4/h11-12,25H,4-10,13-23H2,1-3H3;1H3,(H,2,3,4)/q+1;/p-1/b12-11-;. The molecule has 7 heteroatoms. The van der Waals surface area contributed by atoms with Crippen molar-refractivity contribution < 1.29 is 26.7 Å². The van der Waals surface area contributed by atoms with Gasteiger partial charge in [-0.1, -0.05) is 70.4 Å². The van der Waals surface area contributed by atoms with Gasteiger partial charge in [0.2, 0.25) is 10.4 Å². The van der Waals surface area contributed by atoms with Crippen LogP contribution in [0.4, 0.5) is 0 Å². The van der Waals surface area contributed by atoms with E-state index in [1.54, 1.807) is 0 Å². The molecule has 1 N–H and O–H groups in total. The Morgan fingerprint density at radius 2 is 1.16 bits per heavy atom. The average molecular weight is 466 g/mol. The first kappa shape index (κ1) is 32.7. The molecule has 0 atom stereocenters. The molecule has 0 aliphatic carbocycles. The zero-order valence-electron chi connectivity index (χ0n) is 20.8. The predicted octanol–water partition coefficient (Wildman–Crippen LogP) is 5.58. The summed E-state index contributed by atoms with van der Waals surface area (Å²) in [6.45, 7) is 4.96. The molecule has 0 aromatic rings. The van der Waals surface area contributed by atoms with Gasteiger partial charge in [-0.25, -0.2) is 8.42 Å². The van der Waals surface area contributed by atoms with Gasteiger partial charge in [0.1, 0.15) is 0 Å². The van der Waals surface area contributed by atoms with E-state index < -0.39 is 10.4 Å². The molecular weight excluding hydrogens is 414 g/mol. The molecule has 0 rings (SSSR count). The molecule has 0 bridgehead atoms. The first-order chi connectivity index (χ1) is 14.7. The maximum atomic E-state index is 9.22. The molecule has 31 heavy (non-hydrogen) atoms. The van der Waals surface area contributed by atoms with Crippen LogP contribution in [0, 0.1) is 0 Å². The van der Waals surface area contributed by atoms with Gasteiger partial charge in [-0.15, -0.1) is 0 Å². The highest BCUT2D eigenvalue weighted by atomic mass is 32.3. The third-order valence-corrected chi connectivity index (χ3v) is 5.81. The van der Waals surface area contributed by atoms with Crippen LogP contribution in [0.25, 0.3) is 0 Å². The molecule has 0 unspecified atom stereocenters. The van der Waals surface area contributed by atoms with E-state index in [1.165, 1.54) is 96.4 Å². The van der Waals surface area contributed by atoms with Crippen molar-refractivity contribution in [2.75, 3.05) is 40.9 Å². The van der Waals surface area contributed by atoms with Gasteiger partial charge >= 0.3 is 0 Å². The van der Waals surface area contributed by atoms with Crippen molar-refractivity contribution in [1.82, 2.24) is 0 Å². The number of unbranched alkanes of at least 4 members (excludes halogenated alkanes) is 12. The first-order valence-electron chi connectivity index (χ1n) is 12.3. The number of aliphatic hydroxyl groups is 1. The summed E-state index contributed by atoms with van der Waals surface area (Å²) < 4.78 is 32.1. The molecule has 0 heterocycles. The lowest BCUT2D eigenvalue weighted by Gasteiger charge is -2.29. The summed E-state index contributed by atoms with van der Waals surface area (Å²) in [5.41, 5.74) is 0. The van der Waals surface area contributed by atoms with Crippen LogP contribution in [0.3, 0.4) is 0 Å². The number of quaternary nitrogens is 1. The van der Waals surface area contributed by atoms with Crippen LogP contribution in [0.5, 0.6) is 0 Å². The van der Waals surface area contributed by atoms with Gasteiger partial charge < -0.3 is 14.1 Å². The van der Waals surface area contributed by atoms with E-state index in [0.29, 0.717) is 6.61 Å². The monoisotopic (exact) mass is 465 g/mol. The van der Waals surface area contributed by atoms with Crippen LogP contribution < -0.4 is 0 Å². The van der Waals surface area contributed by atoms with Gasteiger partial charge in [0.05, 0.1) is 34.3 Å². The minimum Gasteiger partial charge on any atom is -0.726 e. The Hall–Kier alpha value is -0.470. The highest BCUT2D eigenvalue weighted by molar-refractivity contribution is 7.80. The summed E-state index contributed by atoms with van der Waals surface area (Å²) in [6.07, 6.45) is 25.0. The third-order valence-electron chi connectivity index (χ3n) is 5.40. The fraction of sp³-hybridized carbons (Fsp3) is 0.917. The normalized spacial score (nSPS) is 12.2. The maximum Gasteiger partial charge on any atom is 0.217 e. The van der Waals surface area contributed by atoms with Gasteiger partial charge in [0.15, 0.2) is 0 Å². The molecule has 6 nitrogen and oxygen atoms in total. The number of hydrogen-bond donors (Lipinski definition) is 1. The minimum absolute atomic E-state index is 0.328. The van der Waals surface area contributed by atoms with E-state index in [1.807, 2.05) is 0 Å². The van der Waals surface area contributed by atoms with E-state index in [-0.39, 0.29) is 0 Å². The second-order valence-corrected chi connectivity index (χ2v) is 10.1. The minimum atomic E-state index is -4.41. The van der Waals surface area contributed by atoms with Crippen molar-refractivity contribution in [2.24, 2.45) is 0 Å². The molecule has 0 saturated heterocycles. The zero-order chi connectivity index (χ0) is 23.8. The van der Waals surface area contributed by atoms with Gasteiger partial charge in [-0.2, -0.15) is 0 Å². The van der Waals surface area contributed by atoms with Crippen molar-refractivity contribution in [1.29, 1.82) is 0 Å². The van der Waals surface area contributed by atoms with E-state index in [0.717, 1.165) is 24.6 Å². The molecule has 0 aliphatic rings. The number of aliphatic hydroxyl groups excluding tert-OH is 1. The highest BCUT2D eigenvalue weighted by Crippen LogP contribution is 2.11. The van der Waals surface area contributed by atoms with Gasteiger partial charge in [0.25, 0.3) is 0 Å². The Morgan fingerprint density at radius 1 is 0.774 bits per heavy atom. The fourth-order valence-electron chi connectivity index (χ4n) is 3.40. The van der Waals surface area contributed by atoms with Crippen LogP contribution >= 0.6 is 0 Å². The highest BCUT2D eigenvalue weighted by Gasteiger charge is 2.12. The molecule has 0 spiro atoms. The quantitative estimate of drug-likeness (QED) is 0.0834. The van der Waals surface area contributed by atoms with Crippen molar-refractivity contribution in [3.8, 4) is 0 Å². The Kier molecular flexibility index (Phi) is 24.0. The van der Waals surface area contributed by atoms with E-state index in [2.05, 4.69) is 37.4 Å². The summed E-state index contributed by atoms with van der Waals surface area (Å²) >= 11 is 0. The zero-order valence-corrected chi connectivity index (χ0v) is 21.6. The molecule has 0 aromatic heterocycles. The Labute approximate surface area is 193 Å². The van der Waals surface area contributed by atoms with Crippen LogP contribution in [-0.2, 0) is 14.6 Å².